The molecule has 10 fully saturated rings. The van der Waals surface area contributed by atoms with Gasteiger partial charge in [0.25, 0.3) is 0 Å². The SMILES string of the molecule is C[C@@H]1O[C@@H](O[C@H]2[C@H](OC(=O)[C@]34CCC(C)(C)C[C@@H]3C3=CC[C@@H]5[C@@]6(C)CC[C@H](O[C@@H]7O[C@H](C(=O)O)[C@@H](O)[C@H](O[C@@H]8OC[C@@H](O)[C@H](O)[C@H]8O)[C@H]7O[C@@H]7O[C@H](CO)[C@H](O)[C@H](O)[C@H]7O)[C@@](C)(C=O)[C@H]6CC[C@@]5(C)[C@]3(C)CC4)O[C@H](C)[C@H](O)[C@@H]2O)[C@H](O)[C@H](O)[C@H]1O[C@@H]1OC[C@@H](O)[C@H](O)[C@H]1O. The summed E-state index contributed by atoms with van der Waals surface area (Å²) in [6.07, 6.45) is -41.9. The first-order valence-corrected chi connectivity index (χ1v) is 33.4. The Bertz CT molecular complexity index is 2760. The van der Waals surface area contributed by atoms with Crippen molar-refractivity contribution in [2.45, 2.75) is 298 Å². The second-order valence-corrected chi connectivity index (χ2v) is 30.7. The van der Waals surface area contributed by atoms with Crippen molar-refractivity contribution in [1.82, 2.24) is 0 Å². The van der Waals surface area contributed by atoms with Crippen LogP contribution in [-0.4, -0.2) is 298 Å². The zero-order valence-corrected chi connectivity index (χ0v) is 54.6. The molecule has 5 aliphatic carbocycles. The van der Waals surface area contributed by atoms with Gasteiger partial charge in [-0.25, -0.2) is 4.79 Å². The standard InChI is InChI=1S/C64H100O31/c1-24-34(69)39(74)49(93-54-44(79)40(75)46(25(2)87-54)90-52-41(76)35(70)28(67)21-84-52)56(86-24)95-58(83)64-17-15-59(3,4)19-27(64)26-9-10-32-60(5)13-12-33(61(6,23-66)31(60)11-14-63(32,8)62(26,7)16-18-64)89-57-50(94-55-43(78)38(73)37(72)30(20-65)88-55)47(45(80)48(92-57)51(81)82)91-53-42(77)36(71)29(68)22-85-53/h9,23-25,27-50,52-57,65,67-80H,10-22H2,1-8H3,(H,81,82)/t24-,25+,27-,28-,29-,30-,31+,32-,33+,34+,35+,36+,37+,38+,39+,40+,41-,42-,43-,44-,45+,46+,47+,48+,49-,50-,52+,53+,54+,55+,56+,57-,60+,61+,62-,63-,64+/m1/s1. The number of hydrogen-bond donors (Lipinski definition) is 16. The van der Waals surface area contributed by atoms with Gasteiger partial charge in [0, 0.05) is 0 Å². The molecular weight excluding hydrogens is 1260 g/mol. The first kappa shape index (κ1) is 73.5. The van der Waals surface area contributed by atoms with Gasteiger partial charge in [-0.3, -0.25) is 4.79 Å². The minimum atomic E-state index is -2.19. The number of aliphatic hydroxyl groups is 15. The Morgan fingerprint density at radius 1 is 0.537 bits per heavy atom. The molecule has 0 aromatic carbocycles. The summed E-state index contributed by atoms with van der Waals surface area (Å²) in [6.45, 7) is 13.9. The lowest BCUT2D eigenvalue weighted by Crippen LogP contribution is -2.68. The lowest BCUT2D eigenvalue weighted by molar-refractivity contribution is -0.391. The molecule has 11 rings (SSSR count). The summed E-state index contributed by atoms with van der Waals surface area (Å²) in [5.74, 6) is -3.18. The molecular formula is C64H100O31. The highest BCUT2D eigenvalue weighted by Crippen LogP contribution is 2.76. The fourth-order valence-electron chi connectivity index (χ4n) is 18.7. The van der Waals surface area contributed by atoms with E-state index in [2.05, 4.69) is 40.7 Å². The number of hydrogen-bond acceptors (Lipinski definition) is 30. The molecule has 6 saturated heterocycles. The van der Waals surface area contributed by atoms with Crippen LogP contribution in [-0.2, 0) is 71.2 Å². The smallest absolute Gasteiger partial charge is 0.335 e. The van der Waals surface area contributed by atoms with E-state index < -0.39 is 243 Å². The normalized spacial score (nSPS) is 54.7. The molecule has 31 nitrogen and oxygen atoms in total. The number of carboxylic acids is 1. The Morgan fingerprint density at radius 3 is 1.72 bits per heavy atom. The van der Waals surface area contributed by atoms with Crippen LogP contribution >= 0.6 is 0 Å². The van der Waals surface area contributed by atoms with Crippen molar-refractivity contribution in [1.29, 1.82) is 0 Å². The number of carbonyl (C=O) groups is 3. The second-order valence-electron chi connectivity index (χ2n) is 30.7. The number of allylic oxidation sites excluding steroid dienone is 2. The molecule has 0 amide bonds. The zero-order chi connectivity index (χ0) is 69.3. The zero-order valence-electron chi connectivity index (χ0n) is 54.6. The van der Waals surface area contributed by atoms with Crippen LogP contribution in [0.5, 0.6) is 0 Å². The number of carboxylic acid groups (broad SMARTS) is 1. The maximum atomic E-state index is 15.6. The van der Waals surface area contributed by atoms with Crippen molar-refractivity contribution >= 4 is 18.2 Å². The number of aldehydes is 1. The lowest BCUT2D eigenvalue weighted by atomic mass is 9.33. The van der Waals surface area contributed by atoms with Crippen molar-refractivity contribution in [3.8, 4) is 0 Å². The van der Waals surface area contributed by atoms with Crippen LogP contribution in [0, 0.1) is 50.2 Å². The maximum absolute atomic E-state index is 15.6. The number of rotatable bonds is 15. The fraction of sp³-hybridized carbons (Fsp3) is 0.922. The second kappa shape index (κ2) is 27.3. The monoisotopic (exact) mass is 1360 g/mol. The first-order valence-electron chi connectivity index (χ1n) is 33.4. The number of carbonyl (C=O) groups excluding carboxylic acids is 2. The van der Waals surface area contributed by atoms with E-state index in [0.717, 1.165) is 11.9 Å². The van der Waals surface area contributed by atoms with E-state index in [9.17, 15) is 91.3 Å². The summed E-state index contributed by atoms with van der Waals surface area (Å²) in [5.41, 5.74) is -3.23. The minimum Gasteiger partial charge on any atom is -0.479 e. The summed E-state index contributed by atoms with van der Waals surface area (Å²) in [4.78, 5) is 42.7. The van der Waals surface area contributed by atoms with Gasteiger partial charge in [0.2, 0.25) is 6.29 Å². The molecule has 0 radical (unpaired) electrons. The van der Waals surface area contributed by atoms with Crippen LogP contribution < -0.4 is 0 Å². The molecule has 6 aliphatic heterocycles. The largest absolute Gasteiger partial charge is 0.479 e. The number of aliphatic hydroxyl groups excluding tert-OH is 15. The van der Waals surface area contributed by atoms with Crippen molar-refractivity contribution in [3.63, 3.8) is 0 Å². The highest BCUT2D eigenvalue weighted by atomic mass is 16.8. The van der Waals surface area contributed by atoms with Gasteiger partial charge in [0.15, 0.2) is 43.7 Å². The molecule has 0 aromatic heterocycles. The summed E-state index contributed by atoms with van der Waals surface area (Å²) in [5, 5.41) is 173. The first-order chi connectivity index (χ1) is 44.5. The third-order valence-corrected chi connectivity index (χ3v) is 24.7. The lowest BCUT2D eigenvalue weighted by Gasteiger charge is -2.71. The highest BCUT2D eigenvalue weighted by molar-refractivity contribution is 5.79. The molecule has 16 N–H and O–H groups in total. The van der Waals surface area contributed by atoms with Crippen molar-refractivity contribution in [3.05, 3.63) is 11.6 Å². The van der Waals surface area contributed by atoms with Gasteiger partial charge in [-0.2, -0.15) is 0 Å². The van der Waals surface area contributed by atoms with E-state index in [0.29, 0.717) is 57.8 Å². The van der Waals surface area contributed by atoms with Gasteiger partial charge in [-0.15, -0.1) is 0 Å². The molecule has 11 aliphatic rings. The van der Waals surface area contributed by atoms with E-state index >= 15 is 4.79 Å². The average Bonchev–Trinajstić information content (AvgIpc) is 0.676. The third kappa shape index (κ3) is 12.5. The average molecular weight is 1370 g/mol. The van der Waals surface area contributed by atoms with Crippen LogP contribution in [0.2, 0.25) is 0 Å². The number of fused-ring (bicyclic) bond motifs is 7. The number of aliphatic carboxylic acids is 1. The molecule has 95 heavy (non-hydrogen) atoms. The Labute approximate surface area is 549 Å². The summed E-state index contributed by atoms with van der Waals surface area (Å²) >= 11 is 0. The molecule has 37 atom stereocenters. The summed E-state index contributed by atoms with van der Waals surface area (Å²) < 4.78 is 72.1. The van der Waals surface area contributed by atoms with Crippen LogP contribution in [0.25, 0.3) is 0 Å². The van der Waals surface area contributed by atoms with Gasteiger partial charge >= 0.3 is 11.9 Å². The fourth-order valence-corrected chi connectivity index (χ4v) is 18.7. The van der Waals surface area contributed by atoms with E-state index in [4.69, 9.17) is 56.8 Å². The van der Waals surface area contributed by atoms with Crippen LogP contribution in [0.1, 0.15) is 120 Å². The van der Waals surface area contributed by atoms with Crippen LogP contribution in [0.15, 0.2) is 11.6 Å². The van der Waals surface area contributed by atoms with Crippen LogP contribution in [0.4, 0.5) is 0 Å². The van der Waals surface area contributed by atoms with E-state index in [1.165, 1.54) is 13.8 Å². The topological polar surface area (TPSA) is 486 Å². The number of ether oxygens (including phenoxy) is 12. The van der Waals surface area contributed by atoms with Crippen molar-refractivity contribution < 1.29 is 153 Å². The quantitative estimate of drug-likeness (QED) is 0.0324. The molecule has 0 aromatic rings. The molecule has 0 spiro atoms. The van der Waals surface area contributed by atoms with Gasteiger partial charge in [-0.1, -0.05) is 53.2 Å². The van der Waals surface area contributed by atoms with E-state index in [-0.39, 0.29) is 23.7 Å². The van der Waals surface area contributed by atoms with Gasteiger partial charge in [-0.05, 0) is 117 Å². The Hall–Kier alpha value is -2.69. The van der Waals surface area contributed by atoms with E-state index in [1.807, 2.05) is 0 Å². The highest BCUT2D eigenvalue weighted by Gasteiger charge is 2.71. The molecule has 31 heteroatoms. The van der Waals surface area contributed by atoms with Gasteiger partial charge in [0.1, 0.15) is 116 Å². The van der Waals surface area contributed by atoms with Crippen molar-refractivity contribution in [2.75, 3.05) is 19.8 Å². The van der Waals surface area contributed by atoms with E-state index in [1.54, 1.807) is 6.92 Å². The van der Waals surface area contributed by atoms with Gasteiger partial charge in [0.05, 0.1) is 49.0 Å². The third-order valence-electron chi connectivity index (χ3n) is 24.7. The Morgan fingerprint density at radius 2 is 1.09 bits per heavy atom. The van der Waals surface area contributed by atoms with Gasteiger partial charge < -0.3 is 143 Å². The Balaban J connectivity index is 0.845. The predicted molar refractivity (Wildman–Crippen MR) is 314 cm³/mol. The molecule has 4 saturated carbocycles. The molecule has 0 bridgehead atoms. The molecule has 542 valence electrons. The molecule has 6 heterocycles. The predicted octanol–water partition coefficient (Wildman–Crippen LogP) is -3.78. The molecule has 0 unspecified atom stereocenters. The van der Waals surface area contributed by atoms with Crippen LogP contribution in [0.3, 0.4) is 0 Å². The Kier molecular flexibility index (Phi) is 21.1. The van der Waals surface area contributed by atoms with Crippen molar-refractivity contribution in [2.24, 2.45) is 50.2 Å². The number of esters is 1. The summed E-state index contributed by atoms with van der Waals surface area (Å²) in [7, 11) is 0. The maximum Gasteiger partial charge on any atom is 0.335 e. The minimum absolute atomic E-state index is 0.0791. The summed E-state index contributed by atoms with van der Waals surface area (Å²) in [6, 6.07) is 0.